The van der Waals surface area contributed by atoms with Gasteiger partial charge in [0.1, 0.15) is 0 Å². The van der Waals surface area contributed by atoms with E-state index in [4.69, 9.17) is 0 Å². The Labute approximate surface area is 94.1 Å². The Hall–Kier alpha value is -0.940. The molecule has 1 rings (SSSR count). The van der Waals surface area contributed by atoms with Gasteiger partial charge in [-0.2, -0.15) is 0 Å². The number of nitrogens with zero attached hydrogens (tertiary/aromatic N) is 1. The van der Waals surface area contributed by atoms with Gasteiger partial charge in [0.05, 0.1) is 11.6 Å². The SMILES string of the molecule is CCNCC(=O)NCCc1nc(C)cs1. The van der Waals surface area contributed by atoms with Crippen molar-refractivity contribution in [3.63, 3.8) is 0 Å². The van der Waals surface area contributed by atoms with E-state index in [1.165, 1.54) is 0 Å². The Morgan fingerprint density at radius 2 is 2.40 bits per heavy atom. The maximum atomic E-state index is 11.2. The van der Waals surface area contributed by atoms with Crippen molar-refractivity contribution in [2.45, 2.75) is 20.3 Å². The summed E-state index contributed by atoms with van der Waals surface area (Å²) >= 11 is 1.64. The molecule has 1 aromatic heterocycles. The predicted molar refractivity (Wildman–Crippen MR) is 62.1 cm³/mol. The fourth-order valence-electron chi connectivity index (χ4n) is 1.13. The normalized spacial score (nSPS) is 10.3. The summed E-state index contributed by atoms with van der Waals surface area (Å²) in [6.07, 6.45) is 0.816. The second kappa shape index (κ2) is 6.53. The van der Waals surface area contributed by atoms with Gasteiger partial charge in [-0.15, -0.1) is 11.3 Å². The molecule has 1 amide bonds. The number of likely N-dealkylation sites (N-methyl/N-ethyl adjacent to an activating group) is 1. The van der Waals surface area contributed by atoms with E-state index in [9.17, 15) is 4.79 Å². The van der Waals surface area contributed by atoms with E-state index in [2.05, 4.69) is 15.6 Å². The number of carbonyl (C=O) groups is 1. The third-order valence-corrected chi connectivity index (χ3v) is 2.89. The Morgan fingerprint density at radius 3 is 3.00 bits per heavy atom. The topological polar surface area (TPSA) is 54.0 Å². The summed E-state index contributed by atoms with van der Waals surface area (Å²) in [5.41, 5.74) is 1.05. The molecule has 0 saturated heterocycles. The van der Waals surface area contributed by atoms with Crippen molar-refractivity contribution in [2.24, 2.45) is 0 Å². The van der Waals surface area contributed by atoms with Crippen molar-refractivity contribution in [1.29, 1.82) is 0 Å². The predicted octanol–water partition coefficient (Wildman–Crippen LogP) is 0.720. The van der Waals surface area contributed by atoms with Gasteiger partial charge in [0.25, 0.3) is 0 Å². The van der Waals surface area contributed by atoms with E-state index in [-0.39, 0.29) is 5.91 Å². The summed E-state index contributed by atoms with van der Waals surface area (Å²) in [7, 11) is 0. The van der Waals surface area contributed by atoms with Crippen molar-refractivity contribution in [3.8, 4) is 0 Å². The van der Waals surface area contributed by atoms with Crippen LogP contribution in [0.3, 0.4) is 0 Å². The molecule has 1 heterocycles. The van der Waals surface area contributed by atoms with Crippen LogP contribution in [-0.4, -0.2) is 30.5 Å². The molecule has 84 valence electrons. The van der Waals surface area contributed by atoms with Gasteiger partial charge in [-0.3, -0.25) is 4.79 Å². The molecule has 0 bridgehead atoms. The van der Waals surface area contributed by atoms with Crippen LogP contribution in [0.4, 0.5) is 0 Å². The summed E-state index contributed by atoms with van der Waals surface area (Å²) in [5, 5.41) is 8.92. The highest BCUT2D eigenvalue weighted by atomic mass is 32.1. The Balaban J connectivity index is 2.13. The van der Waals surface area contributed by atoms with E-state index in [1.54, 1.807) is 11.3 Å². The van der Waals surface area contributed by atoms with Crippen molar-refractivity contribution in [2.75, 3.05) is 19.6 Å². The van der Waals surface area contributed by atoms with E-state index in [1.807, 2.05) is 19.2 Å². The summed E-state index contributed by atoms with van der Waals surface area (Å²) in [6.45, 7) is 5.83. The third kappa shape index (κ3) is 4.90. The lowest BCUT2D eigenvalue weighted by Gasteiger charge is -2.03. The van der Waals surface area contributed by atoms with E-state index >= 15 is 0 Å². The smallest absolute Gasteiger partial charge is 0.233 e. The van der Waals surface area contributed by atoms with E-state index < -0.39 is 0 Å². The molecule has 0 fully saturated rings. The monoisotopic (exact) mass is 227 g/mol. The maximum absolute atomic E-state index is 11.2. The van der Waals surface area contributed by atoms with Crippen molar-refractivity contribution in [1.82, 2.24) is 15.6 Å². The van der Waals surface area contributed by atoms with E-state index in [0.29, 0.717) is 13.1 Å². The van der Waals surface area contributed by atoms with Crippen LogP contribution in [0, 0.1) is 6.92 Å². The van der Waals surface area contributed by atoms with Crippen LogP contribution >= 0.6 is 11.3 Å². The zero-order valence-electron chi connectivity index (χ0n) is 9.17. The van der Waals surface area contributed by atoms with Crippen LogP contribution in [0.25, 0.3) is 0 Å². The molecule has 4 nitrogen and oxygen atoms in total. The van der Waals surface area contributed by atoms with E-state index in [0.717, 1.165) is 23.7 Å². The fourth-order valence-corrected chi connectivity index (χ4v) is 1.90. The second-order valence-electron chi connectivity index (χ2n) is 3.26. The summed E-state index contributed by atoms with van der Waals surface area (Å²) in [6, 6.07) is 0. The molecule has 15 heavy (non-hydrogen) atoms. The molecule has 0 aromatic carbocycles. The van der Waals surface area contributed by atoms with Crippen molar-refractivity contribution in [3.05, 3.63) is 16.1 Å². The number of hydrogen-bond donors (Lipinski definition) is 2. The minimum atomic E-state index is 0.0464. The van der Waals surface area contributed by atoms with Gasteiger partial charge in [0.15, 0.2) is 0 Å². The zero-order chi connectivity index (χ0) is 11.1. The maximum Gasteiger partial charge on any atom is 0.233 e. The second-order valence-corrected chi connectivity index (χ2v) is 4.21. The van der Waals surface area contributed by atoms with Gasteiger partial charge >= 0.3 is 0 Å². The van der Waals surface area contributed by atoms with Gasteiger partial charge < -0.3 is 10.6 Å². The lowest BCUT2D eigenvalue weighted by molar-refractivity contribution is -0.120. The number of nitrogens with one attached hydrogen (secondary N) is 2. The van der Waals surface area contributed by atoms with Gasteiger partial charge in [0, 0.05) is 24.0 Å². The number of hydrogen-bond acceptors (Lipinski definition) is 4. The minimum Gasteiger partial charge on any atom is -0.355 e. The zero-order valence-corrected chi connectivity index (χ0v) is 9.99. The molecule has 0 atom stereocenters. The Morgan fingerprint density at radius 1 is 1.60 bits per heavy atom. The molecular weight excluding hydrogens is 210 g/mol. The van der Waals surface area contributed by atoms with Crippen LogP contribution in [0.1, 0.15) is 17.6 Å². The molecule has 0 aliphatic carbocycles. The first kappa shape index (κ1) is 12.1. The highest BCUT2D eigenvalue weighted by Crippen LogP contribution is 2.08. The highest BCUT2D eigenvalue weighted by molar-refractivity contribution is 7.09. The quantitative estimate of drug-likeness (QED) is 0.753. The first-order valence-corrected chi connectivity index (χ1v) is 5.98. The molecule has 0 saturated carbocycles. The fraction of sp³-hybridized carbons (Fsp3) is 0.600. The summed E-state index contributed by atoms with van der Waals surface area (Å²) in [4.78, 5) is 15.5. The Bertz CT molecular complexity index is 311. The number of carbonyl (C=O) groups excluding carboxylic acids is 1. The third-order valence-electron chi connectivity index (χ3n) is 1.86. The van der Waals surface area contributed by atoms with Gasteiger partial charge in [-0.1, -0.05) is 6.92 Å². The average molecular weight is 227 g/mol. The summed E-state index contributed by atoms with van der Waals surface area (Å²) in [5.74, 6) is 0.0464. The highest BCUT2D eigenvalue weighted by Gasteiger charge is 2.01. The van der Waals surface area contributed by atoms with Crippen LogP contribution in [0.5, 0.6) is 0 Å². The van der Waals surface area contributed by atoms with Gasteiger partial charge in [-0.25, -0.2) is 4.98 Å². The first-order chi connectivity index (χ1) is 7.22. The molecule has 0 aliphatic heterocycles. The molecule has 2 N–H and O–H groups in total. The van der Waals surface area contributed by atoms with Crippen molar-refractivity contribution < 1.29 is 4.79 Å². The molecular formula is C10H17N3OS. The lowest BCUT2D eigenvalue weighted by atomic mass is 10.4. The number of thiazole rings is 1. The van der Waals surface area contributed by atoms with Gasteiger partial charge in [-0.05, 0) is 13.5 Å². The first-order valence-electron chi connectivity index (χ1n) is 5.10. The standard InChI is InChI=1S/C10H17N3OS/c1-3-11-6-9(14)12-5-4-10-13-8(2)7-15-10/h7,11H,3-6H2,1-2H3,(H,12,14). The largest absolute Gasteiger partial charge is 0.355 e. The Kier molecular flexibility index (Phi) is 5.28. The number of amides is 1. The molecule has 0 unspecified atom stereocenters. The number of rotatable bonds is 6. The molecule has 1 aromatic rings. The molecule has 0 radical (unpaired) electrons. The van der Waals surface area contributed by atoms with Crippen LogP contribution in [0.15, 0.2) is 5.38 Å². The molecule has 0 aliphatic rings. The minimum absolute atomic E-state index is 0.0464. The molecule has 0 spiro atoms. The average Bonchev–Trinajstić information content (AvgIpc) is 2.61. The van der Waals surface area contributed by atoms with Crippen molar-refractivity contribution >= 4 is 17.2 Å². The van der Waals surface area contributed by atoms with Gasteiger partial charge in [0.2, 0.25) is 5.91 Å². The lowest BCUT2D eigenvalue weighted by Crippen LogP contribution is -2.34. The number of aryl methyl sites for hydroxylation is 1. The van der Waals surface area contributed by atoms with Crippen LogP contribution < -0.4 is 10.6 Å². The number of aromatic nitrogens is 1. The van der Waals surface area contributed by atoms with Crippen LogP contribution in [0.2, 0.25) is 0 Å². The molecule has 5 heteroatoms. The summed E-state index contributed by atoms with van der Waals surface area (Å²) < 4.78 is 0. The van der Waals surface area contributed by atoms with Crippen LogP contribution in [-0.2, 0) is 11.2 Å².